The first kappa shape index (κ1) is 16.1. The molecule has 2 N–H and O–H groups in total. The first-order valence-corrected chi connectivity index (χ1v) is 9.29. The van der Waals surface area contributed by atoms with Crippen molar-refractivity contribution in [3.63, 3.8) is 0 Å². The number of amides is 2. The van der Waals surface area contributed by atoms with E-state index in [-0.39, 0.29) is 24.4 Å². The van der Waals surface area contributed by atoms with E-state index < -0.39 is 0 Å². The number of nitrogens with one attached hydrogen (secondary N) is 2. The zero-order valence-corrected chi connectivity index (χ0v) is 14.4. The van der Waals surface area contributed by atoms with Crippen molar-refractivity contribution in [2.24, 2.45) is 0 Å². The number of thioether (sulfide) groups is 1. The number of benzene rings is 1. The Kier molecular flexibility index (Phi) is 5.03. The fourth-order valence-corrected chi connectivity index (χ4v) is 4.45. The molecule has 0 bridgehead atoms. The summed E-state index contributed by atoms with van der Waals surface area (Å²) in [4.78, 5) is 27.0. The molecule has 0 fully saturated rings. The summed E-state index contributed by atoms with van der Waals surface area (Å²) in [7, 11) is 0. The molecule has 0 radical (unpaired) electrons. The van der Waals surface area contributed by atoms with Crippen LogP contribution in [0, 0.1) is 6.92 Å². The van der Waals surface area contributed by atoms with Crippen LogP contribution in [0.1, 0.15) is 32.6 Å². The van der Waals surface area contributed by atoms with Crippen LogP contribution >= 0.6 is 23.1 Å². The van der Waals surface area contributed by atoms with Gasteiger partial charge in [-0.05, 0) is 37.1 Å². The SMILES string of the molecule is Cc1ccc(C(=O)NCC(=O)N[C@H]2CCSc3ccccc32)s1. The molecule has 120 valence electrons. The zero-order chi connectivity index (χ0) is 16.2. The highest BCUT2D eigenvalue weighted by Crippen LogP contribution is 2.35. The Morgan fingerprint density at radius 2 is 2.04 bits per heavy atom. The number of carbonyl (C=O) groups excluding carboxylic acids is 2. The van der Waals surface area contributed by atoms with Crippen molar-refractivity contribution in [1.29, 1.82) is 0 Å². The third-order valence-electron chi connectivity index (χ3n) is 3.67. The van der Waals surface area contributed by atoms with Crippen molar-refractivity contribution >= 4 is 34.9 Å². The molecule has 1 aliphatic heterocycles. The number of hydrogen-bond donors (Lipinski definition) is 2. The molecule has 6 heteroatoms. The molecule has 1 aromatic heterocycles. The smallest absolute Gasteiger partial charge is 0.261 e. The maximum absolute atomic E-state index is 12.1. The van der Waals surface area contributed by atoms with Gasteiger partial charge in [0.1, 0.15) is 0 Å². The summed E-state index contributed by atoms with van der Waals surface area (Å²) in [6, 6.07) is 11.8. The molecule has 0 aliphatic carbocycles. The molecule has 0 unspecified atom stereocenters. The van der Waals surface area contributed by atoms with E-state index in [2.05, 4.69) is 22.8 Å². The molecule has 1 atom stereocenters. The molecule has 2 aromatic rings. The van der Waals surface area contributed by atoms with Crippen LogP contribution in [0.4, 0.5) is 0 Å². The summed E-state index contributed by atoms with van der Waals surface area (Å²) in [5, 5.41) is 5.70. The van der Waals surface area contributed by atoms with E-state index in [1.54, 1.807) is 6.07 Å². The van der Waals surface area contributed by atoms with Gasteiger partial charge < -0.3 is 10.6 Å². The lowest BCUT2D eigenvalue weighted by Gasteiger charge is -2.25. The Balaban J connectivity index is 1.55. The number of rotatable bonds is 4. The van der Waals surface area contributed by atoms with Gasteiger partial charge in [-0.3, -0.25) is 9.59 Å². The summed E-state index contributed by atoms with van der Waals surface area (Å²) in [5.74, 6) is 0.638. The molecule has 23 heavy (non-hydrogen) atoms. The van der Waals surface area contributed by atoms with Crippen LogP contribution < -0.4 is 10.6 Å². The average Bonchev–Trinajstić information content (AvgIpc) is 2.99. The topological polar surface area (TPSA) is 58.2 Å². The standard InChI is InChI=1S/C17H18N2O2S2/c1-11-6-7-15(23-11)17(21)18-10-16(20)19-13-8-9-22-14-5-3-2-4-12(13)14/h2-7,13H,8-10H2,1H3,(H,18,21)(H,19,20)/t13-/m0/s1. The zero-order valence-electron chi connectivity index (χ0n) is 12.8. The fourth-order valence-electron chi connectivity index (χ4n) is 2.54. The Morgan fingerprint density at radius 3 is 2.83 bits per heavy atom. The van der Waals surface area contributed by atoms with Crippen molar-refractivity contribution in [1.82, 2.24) is 10.6 Å². The number of hydrogen-bond acceptors (Lipinski definition) is 4. The van der Waals surface area contributed by atoms with Gasteiger partial charge in [-0.15, -0.1) is 23.1 Å². The van der Waals surface area contributed by atoms with Gasteiger partial charge in [0.25, 0.3) is 5.91 Å². The normalized spacial score (nSPS) is 16.5. The molecule has 0 saturated heterocycles. The molecule has 2 amide bonds. The molecule has 2 heterocycles. The maximum atomic E-state index is 12.1. The summed E-state index contributed by atoms with van der Waals surface area (Å²) in [6.07, 6.45) is 0.908. The summed E-state index contributed by atoms with van der Waals surface area (Å²) >= 11 is 3.25. The monoisotopic (exact) mass is 346 g/mol. The van der Waals surface area contributed by atoms with Crippen LogP contribution in [0.15, 0.2) is 41.3 Å². The minimum Gasteiger partial charge on any atom is -0.348 e. The van der Waals surface area contributed by atoms with E-state index in [1.807, 2.05) is 36.9 Å². The van der Waals surface area contributed by atoms with Crippen LogP contribution in [0.25, 0.3) is 0 Å². The second kappa shape index (κ2) is 7.19. The van der Waals surface area contributed by atoms with E-state index in [0.29, 0.717) is 4.88 Å². The molecule has 0 saturated carbocycles. The van der Waals surface area contributed by atoms with Crippen molar-refractivity contribution in [2.75, 3.05) is 12.3 Å². The molecule has 4 nitrogen and oxygen atoms in total. The first-order valence-electron chi connectivity index (χ1n) is 7.49. The molecule has 0 spiro atoms. The molecule has 1 aromatic carbocycles. The van der Waals surface area contributed by atoms with Crippen LogP contribution in [0.2, 0.25) is 0 Å². The number of thiophene rings is 1. The van der Waals surface area contributed by atoms with Crippen molar-refractivity contribution in [2.45, 2.75) is 24.3 Å². The maximum Gasteiger partial charge on any atom is 0.261 e. The van der Waals surface area contributed by atoms with Gasteiger partial charge in [0.05, 0.1) is 17.5 Å². The van der Waals surface area contributed by atoms with Gasteiger partial charge in [-0.25, -0.2) is 0 Å². The van der Waals surface area contributed by atoms with E-state index in [0.717, 1.165) is 22.6 Å². The molecular weight excluding hydrogens is 328 g/mol. The van der Waals surface area contributed by atoms with Crippen LogP contribution in [0.3, 0.4) is 0 Å². The summed E-state index contributed by atoms with van der Waals surface area (Å²) in [5.41, 5.74) is 1.16. The minimum atomic E-state index is -0.196. The number of fused-ring (bicyclic) bond motifs is 1. The number of carbonyl (C=O) groups is 2. The van der Waals surface area contributed by atoms with Crippen LogP contribution in [-0.2, 0) is 4.79 Å². The van der Waals surface area contributed by atoms with Crippen molar-refractivity contribution < 1.29 is 9.59 Å². The number of aryl methyl sites for hydroxylation is 1. The highest BCUT2D eigenvalue weighted by atomic mass is 32.2. The second-order valence-corrected chi connectivity index (χ2v) is 7.81. The Labute approximate surface area is 143 Å². The Morgan fingerprint density at radius 1 is 1.22 bits per heavy atom. The Hall–Kier alpha value is -1.79. The van der Waals surface area contributed by atoms with Gasteiger partial charge in [0, 0.05) is 15.5 Å². The highest BCUT2D eigenvalue weighted by molar-refractivity contribution is 7.99. The minimum absolute atomic E-state index is 0.00158. The van der Waals surface area contributed by atoms with E-state index >= 15 is 0 Å². The summed E-state index contributed by atoms with van der Waals surface area (Å²) in [6.45, 7) is 1.95. The highest BCUT2D eigenvalue weighted by Gasteiger charge is 2.22. The lowest BCUT2D eigenvalue weighted by Crippen LogP contribution is -2.39. The predicted molar refractivity (Wildman–Crippen MR) is 94.1 cm³/mol. The quantitative estimate of drug-likeness (QED) is 0.894. The van der Waals surface area contributed by atoms with Gasteiger partial charge in [-0.2, -0.15) is 0 Å². The van der Waals surface area contributed by atoms with E-state index in [4.69, 9.17) is 0 Å². The predicted octanol–water partition coefficient (Wildman–Crippen LogP) is 3.14. The lowest BCUT2D eigenvalue weighted by molar-refractivity contribution is -0.120. The van der Waals surface area contributed by atoms with E-state index in [9.17, 15) is 9.59 Å². The second-order valence-electron chi connectivity index (χ2n) is 5.39. The molecule has 1 aliphatic rings. The van der Waals surface area contributed by atoms with Gasteiger partial charge >= 0.3 is 0 Å². The Bertz CT molecular complexity index is 727. The van der Waals surface area contributed by atoms with Crippen molar-refractivity contribution in [3.8, 4) is 0 Å². The van der Waals surface area contributed by atoms with Crippen LogP contribution in [0.5, 0.6) is 0 Å². The fraction of sp³-hybridized carbons (Fsp3) is 0.294. The van der Waals surface area contributed by atoms with E-state index in [1.165, 1.54) is 16.2 Å². The molecular formula is C17H18N2O2S2. The van der Waals surface area contributed by atoms with Gasteiger partial charge in [0.15, 0.2) is 0 Å². The summed E-state index contributed by atoms with van der Waals surface area (Å²) < 4.78 is 0. The van der Waals surface area contributed by atoms with Crippen LogP contribution in [-0.4, -0.2) is 24.1 Å². The largest absolute Gasteiger partial charge is 0.348 e. The lowest BCUT2D eigenvalue weighted by atomic mass is 10.0. The van der Waals surface area contributed by atoms with Crippen molar-refractivity contribution in [3.05, 3.63) is 51.7 Å². The van der Waals surface area contributed by atoms with Gasteiger partial charge in [0.2, 0.25) is 5.91 Å². The molecule has 3 rings (SSSR count). The third kappa shape index (κ3) is 3.95. The average molecular weight is 346 g/mol. The third-order valence-corrected chi connectivity index (χ3v) is 5.79. The van der Waals surface area contributed by atoms with Gasteiger partial charge in [-0.1, -0.05) is 18.2 Å². The first-order chi connectivity index (χ1) is 11.1.